The molecule has 5 rings (SSSR count). The first kappa shape index (κ1) is 28.7. The number of unbranched alkanes of at least 4 members (excludes halogenated alkanes) is 1. The van der Waals surface area contributed by atoms with Crippen molar-refractivity contribution in [3.8, 4) is 16.9 Å². The van der Waals surface area contributed by atoms with Crippen molar-refractivity contribution in [1.82, 2.24) is 24.8 Å². The fourth-order valence-corrected chi connectivity index (χ4v) is 5.03. The van der Waals surface area contributed by atoms with Crippen molar-refractivity contribution in [2.45, 2.75) is 51.0 Å². The minimum Gasteiger partial charge on any atom is -0.493 e. The summed E-state index contributed by atoms with van der Waals surface area (Å²) in [5.74, 6) is 1.71. The van der Waals surface area contributed by atoms with Crippen LogP contribution < -0.4 is 21.1 Å². The molecule has 6 N–H and O–H groups in total. The van der Waals surface area contributed by atoms with Gasteiger partial charge in [-0.15, -0.1) is 0 Å². The standard InChI is InChI=1S/C30H39N7O4/c31-28-27-29(35-20-34-28)37(26-12-10-23(19-39)41-26)30(36-27)33-18-21-9-11-24(22-7-2-1-3-8-22)25(17-21)40-16-6-14-32-13-4-5-15-38/h1-3,7-9,11,17,20,23,26,32,38-39H,4-6,10,12-16,18-19H2,(H,33,36)(H2,31,34,35)/t23-,26+/m0/s1. The summed E-state index contributed by atoms with van der Waals surface area (Å²) in [7, 11) is 0. The zero-order valence-electron chi connectivity index (χ0n) is 23.2. The van der Waals surface area contributed by atoms with Gasteiger partial charge in [0, 0.05) is 18.7 Å². The summed E-state index contributed by atoms with van der Waals surface area (Å²) in [6.45, 7) is 3.03. The van der Waals surface area contributed by atoms with Crippen LogP contribution in [-0.4, -0.2) is 68.7 Å². The molecule has 2 atom stereocenters. The van der Waals surface area contributed by atoms with Crippen molar-refractivity contribution in [2.75, 3.05) is 44.0 Å². The van der Waals surface area contributed by atoms with E-state index in [1.165, 1.54) is 6.33 Å². The van der Waals surface area contributed by atoms with E-state index in [-0.39, 0.29) is 25.5 Å². The largest absolute Gasteiger partial charge is 0.493 e. The van der Waals surface area contributed by atoms with Crippen LogP contribution in [0.3, 0.4) is 0 Å². The summed E-state index contributed by atoms with van der Waals surface area (Å²) < 4.78 is 14.3. The van der Waals surface area contributed by atoms with E-state index >= 15 is 0 Å². The lowest BCUT2D eigenvalue weighted by Gasteiger charge is -2.18. The number of rotatable bonds is 15. The summed E-state index contributed by atoms with van der Waals surface area (Å²) >= 11 is 0. The molecule has 0 saturated carbocycles. The molecule has 4 aromatic rings. The molecule has 11 nitrogen and oxygen atoms in total. The first-order valence-corrected chi connectivity index (χ1v) is 14.3. The second-order valence-electron chi connectivity index (χ2n) is 10.1. The van der Waals surface area contributed by atoms with Crippen LogP contribution in [0.2, 0.25) is 0 Å². The highest BCUT2D eigenvalue weighted by Crippen LogP contribution is 2.35. The van der Waals surface area contributed by atoms with E-state index < -0.39 is 0 Å². The first-order valence-electron chi connectivity index (χ1n) is 14.3. The van der Waals surface area contributed by atoms with Gasteiger partial charge in [-0.25, -0.2) is 15.0 Å². The van der Waals surface area contributed by atoms with Gasteiger partial charge in [0.2, 0.25) is 5.95 Å². The van der Waals surface area contributed by atoms with E-state index in [0.717, 1.165) is 67.6 Å². The molecule has 0 bridgehead atoms. The van der Waals surface area contributed by atoms with Gasteiger partial charge >= 0.3 is 0 Å². The van der Waals surface area contributed by atoms with Gasteiger partial charge in [0.05, 0.1) is 19.3 Å². The SMILES string of the molecule is Nc1ncnc2c1nc(NCc1ccc(-c3ccccc3)c(OCCCNCCCCO)c1)n2[C@H]1CC[C@@H](CO)O1. The molecule has 218 valence electrons. The van der Waals surface area contributed by atoms with Crippen LogP contribution in [0.4, 0.5) is 11.8 Å². The molecule has 1 aliphatic heterocycles. The van der Waals surface area contributed by atoms with Gasteiger partial charge in [0.15, 0.2) is 17.0 Å². The number of aliphatic hydroxyl groups excluding tert-OH is 2. The van der Waals surface area contributed by atoms with Crippen LogP contribution in [0.1, 0.15) is 43.9 Å². The van der Waals surface area contributed by atoms with Crippen molar-refractivity contribution in [1.29, 1.82) is 0 Å². The topological polar surface area (TPSA) is 153 Å². The molecule has 0 spiro atoms. The zero-order chi connectivity index (χ0) is 28.4. The molecule has 3 heterocycles. The van der Waals surface area contributed by atoms with Gasteiger partial charge in [0.1, 0.15) is 18.3 Å². The smallest absolute Gasteiger partial charge is 0.207 e. The van der Waals surface area contributed by atoms with Crippen molar-refractivity contribution in [3.05, 3.63) is 60.4 Å². The van der Waals surface area contributed by atoms with Crippen molar-refractivity contribution < 1.29 is 19.7 Å². The second-order valence-corrected chi connectivity index (χ2v) is 10.1. The molecule has 2 aromatic heterocycles. The average molecular weight is 562 g/mol. The Morgan fingerprint density at radius 2 is 1.88 bits per heavy atom. The summed E-state index contributed by atoms with van der Waals surface area (Å²) in [6.07, 6.45) is 5.03. The molecule has 1 saturated heterocycles. The lowest BCUT2D eigenvalue weighted by molar-refractivity contribution is -0.0197. The predicted molar refractivity (Wildman–Crippen MR) is 158 cm³/mol. The number of anilines is 2. The van der Waals surface area contributed by atoms with E-state index in [1.807, 2.05) is 22.8 Å². The van der Waals surface area contributed by atoms with E-state index in [2.05, 4.69) is 50.9 Å². The molecule has 2 aromatic carbocycles. The number of fused-ring (bicyclic) bond motifs is 1. The Morgan fingerprint density at radius 3 is 2.68 bits per heavy atom. The number of nitrogen functional groups attached to an aromatic ring is 1. The quantitative estimate of drug-likeness (QED) is 0.136. The van der Waals surface area contributed by atoms with Crippen LogP contribution in [0.5, 0.6) is 5.75 Å². The maximum absolute atomic E-state index is 9.59. The third-order valence-electron chi connectivity index (χ3n) is 7.18. The van der Waals surface area contributed by atoms with Crippen LogP contribution >= 0.6 is 0 Å². The average Bonchev–Trinajstić information content (AvgIpc) is 3.63. The van der Waals surface area contributed by atoms with E-state index in [9.17, 15) is 5.11 Å². The number of nitrogens with one attached hydrogen (secondary N) is 2. The molecule has 0 aliphatic carbocycles. The Hall–Kier alpha value is -3.77. The maximum Gasteiger partial charge on any atom is 0.207 e. The number of hydrogen-bond donors (Lipinski definition) is 5. The first-order chi connectivity index (χ1) is 20.2. The fraction of sp³-hybridized carbons (Fsp3) is 0.433. The highest BCUT2D eigenvalue weighted by molar-refractivity contribution is 5.84. The summed E-state index contributed by atoms with van der Waals surface area (Å²) in [5, 5.41) is 25.4. The summed E-state index contributed by atoms with van der Waals surface area (Å²) in [6, 6.07) is 16.5. The van der Waals surface area contributed by atoms with Gasteiger partial charge in [0.25, 0.3) is 0 Å². The number of nitrogens with two attached hydrogens (primary N) is 1. The number of aromatic nitrogens is 4. The lowest BCUT2D eigenvalue weighted by Crippen LogP contribution is -2.19. The van der Waals surface area contributed by atoms with Crippen LogP contribution in [0.15, 0.2) is 54.9 Å². The Bertz CT molecular complexity index is 1400. The number of benzene rings is 2. The lowest BCUT2D eigenvalue weighted by atomic mass is 10.0. The maximum atomic E-state index is 9.59. The molecular weight excluding hydrogens is 522 g/mol. The Balaban J connectivity index is 1.32. The Labute approximate surface area is 239 Å². The van der Waals surface area contributed by atoms with Gasteiger partial charge in [-0.3, -0.25) is 4.57 Å². The molecule has 0 amide bonds. The summed E-state index contributed by atoms with van der Waals surface area (Å²) in [5.41, 5.74) is 10.4. The van der Waals surface area contributed by atoms with Gasteiger partial charge < -0.3 is 36.1 Å². The zero-order valence-corrected chi connectivity index (χ0v) is 23.2. The van der Waals surface area contributed by atoms with E-state index in [4.69, 9.17) is 25.3 Å². The normalized spacial score (nSPS) is 16.8. The van der Waals surface area contributed by atoms with Crippen LogP contribution in [-0.2, 0) is 11.3 Å². The van der Waals surface area contributed by atoms with Gasteiger partial charge in [-0.1, -0.05) is 42.5 Å². The van der Waals surface area contributed by atoms with Crippen LogP contribution in [0.25, 0.3) is 22.3 Å². The molecule has 1 aliphatic rings. The Kier molecular flexibility index (Phi) is 9.97. The van der Waals surface area contributed by atoms with Gasteiger partial charge in [-0.2, -0.15) is 0 Å². The molecule has 1 fully saturated rings. The van der Waals surface area contributed by atoms with E-state index in [0.29, 0.717) is 36.1 Å². The third kappa shape index (κ3) is 7.12. The molecule has 11 heteroatoms. The number of nitrogens with zero attached hydrogens (tertiary/aromatic N) is 4. The molecule has 0 radical (unpaired) electrons. The number of imidazole rings is 1. The molecule has 41 heavy (non-hydrogen) atoms. The van der Waals surface area contributed by atoms with Crippen LogP contribution in [0, 0.1) is 0 Å². The Morgan fingerprint density at radius 1 is 1.02 bits per heavy atom. The predicted octanol–water partition coefficient (Wildman–Crippen LogP) is 3.49. The van der Waals surface area contributed by atoms with Gasteiger partial charge in [-0.05, 0) is 62.4 Å². The van der Waals surface area contributed by atoms with Crippen molar-refractivity contribution in [3.63, 3.8) is 0 Å². The van der Waals surface area contributed by atoms with E-state index in [1.54, 1.807) is 0 Å². The number of ether oxygens (including phenoxy) is 2. The minimum absolute atomic E-state index is 0.0284. The van der Waals surface area contributed by atoms with Crippen molar-refractivity contribution in [2.24, 2.45) is 0 Å². The number of aliphatic hydroxyl groups is 2. The molecule has 0 unspecified atom stereocenters. The monoisotopic (exact) mass is 561 g/mol. The molecular formula is C30H39N7O4. The highest BCUT2D eigenvalue weighted by Gasteiger charge is 2.30. The summed E-state index contributed by atoms with van der Waals surface area (Å²) in [4.78, 5) is 13.2. The third-order valence-corrected chi connectivity index (χ3v) is 7.18. The highest BCUT2D eigenvalue weighted by atomic mass is 16.5. The fourth-order valence-electron chi connectivity index (χ4n) is 5.03. The minimum atomic E-state index is -0.314. The number of hydrogen-bond acceptors (Lipinski definition) is 10. The second kappa shape index (κ2) is 14.2. The van der Waals surface area contributed by atoms with Crippen molar-refractivity contribution >= 4 is 22.9 Å².